The molecule has 0 radical (unpaired) electrons. The number of halogens is 1. The van der Waals surface area contributed by atoms with E-state index in [0.29, 0.717) is 43.9 Å². The second-order valence-electron chi connectivity index (χ2n) is 9.04. The maximum absolute atomic E-state index is 13.5. The second kappa shape index (κ2) is 8.69. The van der Waals surface area contributed by atoms with Crippen molar-refractivity contribution in [2.75, 3.05) is 19.6 Å². The normalized spacial score (nSPS) is 18.1. The van der Waals surface area contributed by atoms with Gasteiger partial charge in [-0.15, -0.1) is 0 Å². The monoisotopic (exact) mass is 424 g/mol. The van der Waals surface area contributed by atoms with Crippen molar-refractivity contribution in [1.82, 2.24) is 9.80 Å². The highest BCUT2D eigenvalue weighted by Gasteiger charge is 2.45. The Hall–Kier alpha value is -2.89. The number of hydrogen-bond acceptors (Lipinski definition) is 3. The van der Waals surface area contributed by atoms with Crippen molar-refractivity contribution in [1.29, 1.82) is 0 Å². The van der Waals surface area contributed by atoms with Gasteiger partial charge in [0.1, 0.15) is 11.6 Å². The van der Waals surface area contributed by atoms with Gasteiger partial charge in [0.2, 0.25) is 5.91 Å². The number of carbonyl (C=O) groups excluding carboxylic acids is 2. The van der Waals surface area contributed by atoms with Gasteiger partial charge in [-0.3, -0.25) is 9.59 Å². The van der Waals surface area contributed by atoms with Crippen molar-refractivity contribution in [3.63, 3.8) is 0 Å². The third-order valence-electron chi connectivity index (χ3n) is 6.23. The third-order valence-corrected chi connectivity index (χ3v) is 6.23. The summed E-state index contributed by atoms with van der Waals surface area (Å²) in [4.78, 5) is 29.3. The topological polar surface area (TPSA) is 49.9 Å². The third kappa shape index (κ3) is 4.89. The number of rotatable bonds is 5. The van der Waals surface area contributed by atoms with Gasteiger partial charge in [-0.2, -0.15) is 0 Å². The predicted octanol–water partition coefficient (Wildman–Crippen LogP) is 4.27. The molecule has 2 aromatic carbocycles. The molecule has 0 unspecified atom stereocenters. The Balaban J connectivity index is 1.37. The van der Waals surface area contributed by atoms with E-state index in [0.717, 1.165) is 18.4 Å². The van der Waals surface area contributed by atoms with E-state index in [1.807, 2.05) is 47.9 Å². The van der Waals surface area contributed by atoms with Crippen molar-refractivity contribution in [3.8, 4) is 5.75 Å². The first kappa shape index (κ1) is 21.3. The Kier molecular flexibility index (Phi) is 5.99. The molecular weight excluding hydrogens is 395 g/mol. The molecule has 5 nitrogen and oxygen atoms in total. The lowest BCUT2D eigenvalue weighted by molar-refractivity contribution is -0.128. The van der Waals surface area contributed by atoms with Gasteiger partial charge in [0.15, 0.2) is 0 Å². The molecule has 2 aliphatic rings. The van der Waals surface area contributed by atoms with Crippen LogP contribution in [0.25, 0.3) is 0 Å². The van der Waals surface area contributed by atoms with E-state index in [2.05, 4.69) is 0 Å². The van der Waals surface area contributed by atoms with E-state index in [1.165, 1.54) is 12.1 Å². The summed E-state index contributed by atoms with van der Waals surface area (Å²) in [5.41, 5.74) is 1.34. The van der Waals surface area contributed by atoms with Gasteiger partial charge in [-0.25, -0.2) is 4.39 Å². The molecule has 2 aliphatic heterocycles. The quantitative estimate of drug-likeness (QED) is 0.720. The summed E-state index contributed by atoms with van der Waals surface area (Å²) in [6.07, 6.45) is 2.15. The van der Waals surface area contributed by atoms with Crippen LogP contribution in [0.2, 0.25) is 0 Å². The summed E-state index contributed by atoms with van der Waals surface area (Å²) < 4.78 is 19.2. The minimum Gasteiger partial charge on any atom is -0.491 e. The fourth-order valence-corrected chi connectivity index (χ4v) is 4.66. The largest absolute Gasteiger partial charge is 0.491 e. The molecular formula is C25H29FN2O3. The zero-order valence-electron chi connectivity index (χ0n) is 18.1. The molecule has 2 heterocycles. The Bertz CT molecular complexity index is 967. The summed E-state index contributed by atoms with van der Waals surface area (Å²) in [6.45, 7) is 6.29. The smallest absolute Gasteiger partial charge is 0.253 e. The number of hydrogen-bond donors (Lipinski definition) is 0. The Labute approximate surface area is 182 Å². The summed E-state index contributed by atoms with van der Waals surface area (Å²) >= 11 is 0. The maximum atomic E-state index is 13.5. The molecule has 6 heteroatoms. The molecule has 0 N–H and O–H groups in total. The first-order valence-electron chi connectivity index (χ1n) is 10.9. The van der Waals surface area contributed by atoms with Crippen LogP contribution in [-0.2, 0) is 11.3 Å². The van der Waals surface area contributed by atoms with Gasteiger partial charge in [0, 0.05) is 43.6 Å². The van der Waals surface area contributed by atoms with E-state index in [4.69, 9.17) is 4.74 Å². The SMILES string of the molecule is CC(C)Oc1cccc(C(=O)N2CCC3(CC2)CC(=O)N(Cc2cccc(F)c2)C3)c1. The summed E-state index contributed by atoms with van der Waals surface area (Å²) in [6, 6.07) is 13.7. The number of ether oxygens (including phenoxy) is 1. The molecule has 2 fully saturated rings. The van der Waals surface area contributed by atoms with E-state index in [9.17, 15) is 14.0 Å². The average Bonchev–Trinajstić information content (AvgIpc) is 3.02. The van der Waals surface area contributed by atoms with Gasteiger partial charge in [-0.1, -0.05) is 18.2 Å². The standard InChI is InChI=1S/C25H29FN2O3/c1-18(2)31-22-8-4-6-20(14-22)24(30)27-11-9-25(10-12-27)15-23(29)28(17-25)16-19-5-3-7-21(26)13-19/h3-8,13-14,18H,9-12,15-17H2,1-2H3. The van der Waals surface area contributed by atoms with E-state index in [1.54, 1.807) is 12.1 Å². The lowest BCUT2D eigenvalue weighted by Gasteiger charge is -2.39. The van der Waals surface area contributed by atoms with Crippen molar-refractivity contribution >= 4 is 11.8 Å². The first-order valence-corrected chi connectivity index (χ1v) is 10.9. The molecule has 2 saturated heterocycles. The number of benzene rings is 2. The zero-order valence-corrected chi connectivity index (χ0v) is 18.1. The van der Waals surface area contributed by atoms with Crippen LogP contribution in [0.3, 0.4) is 0 Å². The Morgan fingerprint density at radius 2 is 1.87 bits per heavy atom. The van der Waals surface area contributed by atoms with Crippen molar-refractivity contribution in [2.45, 2.75) is 45.8 Å². The van der Waals surface area contributed by atoms with Crippen LogP contribution in [0, 0.1) is 11.2 Å². The highest BCUT2D eigenvalue weighted by Crippen LogP contribution is 2.41. The summed E-state index contributed by atoms with van der Waals surface area (Å²) in [5.74, 6) is 0.532. The van der Waals surface area contributed by atoms with Gasteiger partial charge in [0.05, 0.1) is 6.10 Å². The highest BCUT2D eigenvalue weighted by atomic mass is 19.1. The van der Waals surface area contributed by atoms with Crippen molar-refractivity contribution < 1.29 is 18.7 Å². The summed E-state index contributed by atoms with van der Waals surface area (Å²) in [5, 5.41) is 0. The van der Waals surface area contributed by atoms with Crippen molar-refractivity contribution in [3.05, 3.63) is 65.5 Å². The predicted molar refractivity (Wildman–Crippen MR) is 116 cm³/mol. The number of piperidine rings is 1. The maximum Gasteiger partial charge on any atom is 0.253 e. The number of likely N-dealkylation sites (tertiary alicyclic amines) is 2. The van der Waals surface area contributed by atoms with E-state index in [-0.39, 0.29) is 29.2 Å². The zero-order chi connectivity index (χ0) is 22.0. The molecule has 2 amide bonds. The van der Waals surface area contributed by atoms with E-state index < -0.39 is 0 Å². The van der Waals surface area contributed by atoms with Crippen LogP contribution in [-0.4, -0.2) is 47.4 Å². The molecule has 164 valence electrons. The van der Waals surface area contributed by atoms with Crippen LogP contribution in [0.5, 0.6) is 5.75 Å². The molecule has 1 spiro atoms. The van der Waals surface area contributed by atoms with E-state index >= 15 is 0 Å². The molecule has 2 aromatic rings. The van der Waals surface area contributed by atoms with Crippen LogP contribution in [0.4, 0.5) is 4.39 Å². The van der Waals surface area contributed by atoms with Crippen LogP contribution in [0.15, 0.2) is 48.5 Å². The Morgan fingerprint density at radius 1 is 1.13 bits per heavy atom. The molecule has 0 bridgehead atoms. The Morgan fingerprint density at radius 3 is 2.58 bits per heavy atom. The highest BCUT2D eigenvalue weighted by molar-refractivity contribution is 5.94. The molecule has 0 saturated carbocycles. The van der Waals surface area contributed by atoms with Crippen LogP contribution in [0.1, 0.15) is 49.0 Å². The fourth-order valence-electron chi connectivity index (χ4n) is 4.66. The number of carbonyl (C=O) groups is 2. The van der Waals surface area contributed by atoms with Crippen LogP contribution >= 0.6 is 0 Å². The van der Waals surface area contributed by atoms with Gasteiger partial charge in [-0.05, 0) is 62.6 Å². The average molecular weight is 425 g/mol. The van der Waals surface area contributed by atoms with Gasteiger partial charge < -0.3 is 14.5 Å². The molecule has 0 aromatic heterocycles. The van der Waals surface area contributed by atoms with Gasteiger partial charge >= 0.3 is 0 Å². The molecule has 0 atom stereocenters. The first-order chi connectivity index (χ1) is 14.8. The van der Waals surface area contributed by atoms with Gasteiger partial charge in [0.25, 0.3) is 5.91 Å². The lowest BCUT2D eigenvalue weighted by atomic mass is 9.77. The minimum atomic E-state index is -0.284. The summed E-state index contributed by atoms with van der Waals surface area (Å²) in [7, 11) is 0. The molecule has 31 heavy (non-hydrogen) atoms. The lowest BCUT2D eigenvalue weighted by Crippen LogP contribution is -2.44. The van der Waals surface area contributed by atoms with Crippen molar-refractivity contribution in [2.24, 2.45) is 5.41 Å². The number of nitrogens with zero attached hydrogens (tertiary/aromatic N) is 2. The number of amides is 2. The minimum absolute atomic E-state index is 0.00463. The molecule has 4 rings (SSSR count). The van der Waals surface area contributed by atoms with Crippen LogP contribution < -0.4 is 4.74 Å². The fraction of sp³-hybridized carbons (Fsp3) is 0.440. The second-order valence-corrected chi connectivity index (χ2v) is 9.04. The molecule has 0 aliphatic carbocycles.